The lowest BCUT2D eigenvalue weighted by molar-refractivity contribution is -0.125. The van der Waals surface area contributed by atoms with Gasteiger partial charge in [-0.3, -0.25) is 4.79 Å². The molecule has 26 heavy (non-hydrogen) atoms. The topological polar surface area (TPSA) is 45.2 Å². The van der Waals surface area contributed by atoms with Crippen LogP contribution in [0.4, 0.5) is 5.82 Å². The van der Waals surface area contributed by atoms with Gasteiger partial charge in [-0.15, -0.1) is 11.3 Å². The van der Waals surface area contributed by atoms with Crippen LogP contribution in [0.3, 0.4) is 0 Å². The van der Waals surface area contributed by atoms with Crippen LogP contribution >= 0.6 is 11.3 Å². The van der Waals surface area contributed by atoms with Crippen molar-refractivity contribution < 1.29 is 4.79 Å². The number of hydrogen-bond donors (Lipinski definition) is 1. The average molecular weight is 366 g/mol. The van der Waals surface area contributed by atoms with Crippen LogP contribution < -0.4 is 10.2 Å². The van der Waals surface area contributed by atoms with Gasteiger partial charge in [0.2, 0.25) is 5.91 Å². The Kier molecular flexibility index (Phi) is 4.89. The Morgan fingerprint density at radius 2 is 2.04 bits per heavy atom. The molecule has 3 heterocycles. The van der Waals surface area contributed by atoms with E-state index in [1.165, 1.54) is 21.2 Å². The van der Waals surface area contributed by atoms with E-state index in [0.29, 0.717) is 6.54 Å². The summed E-state index contributed by atoms with van der Waals surface area (Å²) in [5.74, 6) is 1.33. The Balaban J connectivity index is 1.35. The lowest BCUT2D eigenvalue weighted by atomic mass is 9.95. The van der Waals surface area contributed by atoms with Crippen molar-refractivity contribution in [2.45, 2.75) is 26.3 Å². The molecule has 0 unspecified atom stereocenters. The highest BCUT2D eigenvalue weighted by Crippen LogP contribution is 2.31. The van der Waals surface area contributed by atoms with E-state index in [2.05, 4.69) is 51.8 Å². The van der Waals surface area contributed by atoms with Crippen LogP contribution in [0.2, 0.25) is 0 Å². The summed E-state index contributed by atoms with van der Waals surface area (Å²) in [5.41, 5.74) is 2.41. The van der Waals surface area contributed by atoms with Crippen molar-refractivity contribution in [2.75, 3.05) is 18.0 Å². The maximum absolute atomic E-state index is 12.6. The SMILES string of the molecule is Cc1ccccc1CNC(=O)C1CCN(c2nccc3sccc23)CC1. The monoisotopic (exact) mass is 365 g/mol. The highest BCUT2D eigenvalue weighted by molar-refractivity contribution is 7.17. The van der Waals surface area contributed by atoms with Crippen LogP contribution in [0.25, 0.3) is 10.1 Å². The summed E-state index contributed by atoms with van der Waals surface area (Å²) in [7, 11) is 0. The molecule has 1 amide bonds. The number of benzene rings is 1. The zero-order valence-corrected chi connectivity index (χ0v) is 15.8. The summed E-state index contributed by atoms with van der Waals surface area (Å²) in [4.78, 5) is 19.5. The number of amides is 1. The van der Waals surface area contributed by atoms with Gasteiger partial charge in [-0.1, -0.05) is 24.3 Å². The quantitative estimate of drug-likeness (QED) is 0.756. The summed E-state index contributed by atoms with van der Waals surface area (Å²) >= 11 is 1.75. The number of hydrogen-bond acceptors (Lipinski definition) is 4. The second-order valence-electron chi connectivity index (χ2n) is 6.87. The number of aromatic nitrogens is 1. The molecular formula is C21H23N3OS. The molecule has 3 aromatic rings. The molecule has 0 saturated carbocycles. The van der Waals surface area contributed by atoms with E-state index in [0.717, 1.165) is 31.7 Å². The van der Waals surface area contributed by atoms with Gasteiger partial charge in [0.15, 0.2) is 0 Å². The predicted octanol–water partition coefficient (Wildman–Crippen LogP) is 4.14. The van der Waals surface area contributed by atoms with E-state index in [-0.39, 0.29) is 11.8 Å². The molecule has 5 heteroatoms. The summed E-state index contributed by atoms with van der Waals surface area (Å²) in [6.07, 6.45) is 3.64. The van der Waals surface area contributed by atoms with Gasteiger partial charge >= 0.3 is 0 Å². The molecule has 4 nitrogen and oxygen atoms in total. The number of fused-ring (bicyclic) bond motifs is 1. The first-order valence-corrected chi connectivity index (χ1v) is 10.00. The zero-order chi connectivity index (χ0) is 17.9. The number of rotatable bonds is 4. The van der Waals surface area contributed by atoms with Crippen molar-refractivity contribution in [3.63, 3.8) is 0 Å². The summed E-state index contributed by atoms with van der Waals surface area (Å²) < 4.78 is 1.27. The second kappa shape index (κ2) is 7.46. The number of nitrogens with zero attached hydrogens (tertiary/aromatic N) is 2. The number of pyridine rings is 1. The maximum Gasteiger partial charge on any atom is 0.223 e. The van der Waals surface area contributed by atoms with Gasteiger partial charge < -0.3 is 10.2 Å². The largest absolute Gasteiger partial charge is 0.356 e. The molecule has 4 rings (SSSR count). The van der Waals surface area contributed by atoms with Crippen molar-refractivity contribution in [3.05, 3.63) is 59.1 Å². The van der Waals surface area contributed by atoms with E-state index in [1.54, 1.807) is 11.3 Å². The van der Waals surface area contributed by atoms with Gasteiger partial charge in [0.25, 0.3) is 0 Å². The third-order valence-electron chi connectivity index (χ3n) is 5.24. The van der Waals surface area contributed by atoms with Crippen LogP contribution in [0.15, 0.2) is 48.0 Å². The number of carbonyl (C=O) groups is 1. The molecule has 0 atom stereocenters. The molecular weight excluding hydrogens is 342 g/mol. The molecule has 1 fully saturated rings. The lowest BCUT2D eigenvalue weighted by Crippen LogP contribution is -2.40. The number of carbonyl (C=O) groups excluding carboxylic acids is 1. The summed E-state index contributed by atoms with van der Waals surface area (Å²) in [6.45, 7) is 4.45. The molecule has 0 aliphatic carbocycles. The van der Waals surface area contributed by atoms with Crippen LogP contribution in [-0.4, -0.2) is 24.0 Å². The Bertz CT molecular complexity index is 912. The smallest absolute Gasteiger partial charge is 0.223 e. The van der Waals surface area contributed by atoms with Crippen molar-refractivity contribution in [1.29, 1.82) is 0 Å². The van der Waals surface area contributed by atoms with Crippen molar-refractivity contribution in [2.24, 2.45) is 5.92 Å². The first kappa shape index (κ1) is 17.0. The van der Waals surface area contributed by atoms with Gasteiger partial charge in [-0.05, 0) is 48.4 Å². The molecule has 1 aliphatic rings. The molecule has 1 N–H and O–H groups in total. The summed E-state index contributed by atoms with van der Waals surface area (Å²) in [5, 5.41) is 6.45. The number of nitrogens with one attached hydrogen (secondary N) is 1. The molecule has 134 valence electrons. The third kappa shape index (κ3) is 3.44. The van der Waals surface area contributed by atoms with Crippen molar-refractivity contribution in [3.8, 4) is 0 Å². The fraction of sp³-hybridized carbons (Fsp3) is 0.333. The number of thiophene rings is 1. The minimum absolute atomic E-state index is 0.0944. The van der Waals surface area contributed by atoms with E-state index in [9.17, 15) is 4.79 Å². The van der Waals surface area contributed by atoms with E-state index >= 15 is 0 Å². The highest BCUT2D eigenvalue weighted by atomic mass is 32.1. The van der Waals surface area contributed by atoms with E-state index in [4.69, 9.17) is 0 Å². The fourth-order valence-electron chi connectivity index (χ4n) is 3.62. The van der Waals surface area contributed by atoms with Gasteiger partial charge in [0.05, 0.1) is 0 Å². The fourth-order valence-corrected chi connectivity index (χ4v) is 4.40. The molecule has 0 bridgehead atoms. The normalized spacial score (nSPS) is 15.3. The molecule has 1 aromatic carbocycles. The van der Waals surface area contributed by atoms with Crippen molar-refractivity contribution >= 4 is 33.1 Å². The Hall–Kier alpha value is -2.40. The minimum atomic E-state index is 0.0944. The molecule has 1 aliphatic heterocycles. The maximum atomic E-state index is 12.6. The molecule has 0 spiro atoms. The first-order valence-electron chi connectivity index (χ1n) is 9.12. The van der Waals surface area contributed by atoms with Crippen LogP contribution in [-0.2, 0) is 11.3 Å². The Labute approximate surface area is 157 Å². The van der Waals surface area contributed by atoms with E-state index in [1.807, 2.05) is 18.3 Å². The highest BCUT2D eigenvalue weighted by Gasteiger charge is 2.26. The second-order valence-corrected chi connectivity index (χ2v) is 7.82. The van der Waals surface area contributed by atoms with Crippen LogP contribution in [0, 0.1) is 12.8 Å². The number of aryl methyl sites for hydroxylation is 1. The summed E-state index contributed by atoms with van der Waals surface area (Å²) in [6, 6.07) is 12.4. The minimum Gasteiger partial charge on any atom is -0.356 e. The van der Waals surface area contributed by atoms with Gasteiger partial charge in [0.1, 0.15) is 5.82 Å². The van der Waals surface area contributed by atoms with Gasteiger partial charge in [-0.2, -0.15) is 0 Å². The standard InChI is InChI=1S/C21H23N3OS/c1-15-4-2-3-5-17(15)14-23-21(25)16-7-11-24(12-8-16)20-18-9-13-26-19(18)6-10-22-20/h2-6,9-10,13,16H,7-8,11-12,14H2,1H3,(H,23,25). The van der Waals surface area contributed by atoms with E-state index < -0.39 is 0 Å². The van der Waals surface area contributed by atoms with Crippen LogP contribution in [0.5, 0.6) is 0 Å². The average Bonchev–Trinajstić information content (AvgIpc) is 3.16. The Morgan fingerprint density at radius 1 is 1.23 bits per heavy atom. The molecule has 0 radical (unpaired) electrons. The van der Waals surface area contributed by atoms with Crippen molar-refractivity contribution in [1.82, 2.24) is 10.3 Å². The first-order chi connectivity index (χ1) is 12.7. The number of piperidine rings is 1. The van der Waals surface area contributed by atoms with Gasteiger partial charge in [-0.25, -0.2) is 4.98 Å². The van der Waals surface area contributed by atoms with Crippen LogP contribution in [0.1, 0.15) is 24.0 Å². The lowest BCUT2D eigenvalue weighted by Gasteiger charge is -2.32. The number of anilines is 1. The Morgan fingerprint density at radius 3 is 2.85 bits per heavy atom. The van der Waals surface area contributed by atoms with Gasteiger partial charge in [0, 0.05) is 41.8 Å². The molecule has 2 aromatic heterocycles. The third-order valence-corrected chi connectivity index (χ3v) is 6.12. The zero-order valence-electron chi connectivity index (χ0n) is 14.9. The predicted molar refractivity (Wildman–Crippen MR) is 108 cm³/mol. The molecule has 1 saturated heterocycles.